The monoisotopic (exact) mass is 306 g/mol. The number of benzene rings is 1. The van der Waals surface area contributed by atoms with Crippen LogP contribution in [-0.2, 0) is 6.54 Å². The Labute approximate surface area is 130 Å². The highest BCUT2D eigenvalue weighted by molar-refractivity contribution is 5.85. The molecule has 2 nitrogen and oxygen atoms in total. The van der Waals surface area contributed by atoms with Crippen molar-refractivity contribution in [2.24, 2.45) is 0 Å². The van der Waals surface area contributed by atoms with Crippen molar-refractivity contribution < 1.29 is 0 Å². The van der Waals surface area contributed by atoms with Gasteiger partial charge in [0.15, 0.2) is 0 Å². The molecule has 0 aliphatic rings. The maximum Gasteiger partial charge on any atom is 0.0205 e. The molecule has 0 heterocycles. The zero-order valence-corrected chi connectivity index (χ0v) is 13.9. The first-order valence-corrected chi connectivity index (χ1v) is 6.74. The third kappa shape index (κ3) is 9.28. The topological polar surface area (TPSA) is 15.3 Å². The van der Waals surface area contributed by atoms with Gasteiger partial charge in [-0.3, -0.25) is 0 Å². The molecule has 0 saturated heterocycles. The van der Waals surface area contributed by atoms with Gasteiger partial charge in [0, 0.05) is 6.54 Å². The van der Waals surface area contributed by atoms with Crippen molar-refractivity contribution in [1.82, 2.24) is 10.2 Å². The summed E-state index contributed by atoms with van der Waals surface area (Å²) in [6, 6.07) is 8.75. The lowest BCUT2D eigenvalue weighted by molar-refractivity contribution is 0.298. The van der Waals surface area contributed by atoms with Crippen LogP contribution < -0.4 is 5.32 Å². The van der Waals surface area contributed by atoms with Gasteiger partial charge in [-0.25, -0.2) is 0 Å². The summed E-state index contributed by atoms with van der Waals surface area (Å²) >= 11 is 0. The van der Waals surface area contributed by atoms with E-state index in [-0.39, 0.29) is 24.8 Å². The van der Waals surface area contributed by atoms with Gasteiger partial charge < -0.3 is 10.2 Å². The fraction of sp³-hybridized carbons (Fsp3) is 0.600. The van der Waals surface area contributed by atoms with Crippen LogP contribution in [0.1, 0.15) is 31.4 Å². The summed E-state index contributed by atoms with van der Waals surface area (Å²) in [5.41, 5.74) is 2.70. The zero-order chi connectivity index (χ0) is 12.5. The molecule has 112 valence electrons. The number of hydrogen-bond acceptors (Lipinski definition) is 2. The van der Waals surface area contributed by atoms with Gasteiger partial charge in [0.2, 0.25) is 0 Å². The molecule has 0 aromatic heterocycles. The van der Waals surface area contributed by atoms with Crippen molar-refractivity contribution in [2.45, 2.75) is 33.7 Å². The Morgan fingerprint density at radius 2 is 1.58 bits per heavy atom. The summed E-state index contributed by atoms with van der Waals surface area (Å²) in [6.07, 6.45) is 1.23. The molecule has 19 heavy (non-hydrogen) atoms. The summed E-state index contributed by atoms with van der Waals surface area (Å²) in [5.74, 6) is 0. The van der Waals surface area contributed by atoms with E-state index in [0.29, 0.717) is 0 Å². The van der Waals surface area contributed by atoms with Crippen LogP contribution in [0.3, 0.4) is 0 Å². The van der Waals surface area contributed by atoms with Gasteiger partial charge in [0.1, 0.15) is 0 Å². The summed E-state index contributed by atoms with van der Waals surface area (Å²) in [4.78, 5) is 2.47. The molecular formula is C15H28Cl2N2. The third-order valence-corrected chi connectivity index (χ3v) is 3.17. The van der Waals surface area contributed by atoms with Crippen LogP contribution in [0, 0.1) is 6.92 Å². The van der Waals surface area contributed by atoms with Gasteiger partial charge in [0.25, 0.3) is 0 Å². The van der Waals surface area contributed by atoms with Crippen molar-refractivity contribution in [2.75, 3.05) is 26.2 Å². The molecule has 0 radical (unpaired) electrons. The van der Waals surface area contributed by atoms with Crippen molar-refractivity contribution in [3.05, 3.63) is 35.4 Å². The fourth-order valence-electron chi connectivity index (χ4n) is 1.91. The first-order valence-electron chi connectivity index (χ1n) is 6.74. The normalized spacial score (nSPS) is 9.89. The minimum absolute atomic E-state index is 0. The summed E-state index contributed by atoms with van der Waals surface area (Å²) in [6.45, 7) is 12.2. The average molecular weight is 307 g/mol. The number of nitrogens with zero attached hydrogens (tertiary/aromatic N) is 1. The predicted molar refractivity (Wildman–Crippen MR) is 89.8 cm³/mol. The van der Waals surface area contributed by atoms with E-state index in [0.717, 1.165) is 26.2 Å². The Morgan fingerprint density at radius 3 is 2.11 bits per heavy atom. The first-order chi connectivity index (χ1) is 8.26. The van der Waals surface area contributed by atoms with Crippen molar-refractivity contribution in [1.29, 1.82) is 0 Å². The second-order valence-corrected chi connectivity index (χ2v) is 4.54. The van der Waals surface area contributed by atoms with Crippen LogP contribution in [0.25, 0.3) is 0 Å². The van der Waals surface area contributed by atoms with E-state index in [1.54, 1.807) is 0 Å². The summed E-state index contributed by atoms with van der Waals surface area (Å²) < 4.78 is 0. The minimum Gasteiger partial charge on any atom is -0.313 e. The van der Waals surface area contributed by atoms with E-state index >= 15 is 0 Å². The number of hydrogen-bond donors (Lipinski definition) is 1. The lowest BCUT2D eigenvalue weighted by atomic mass is 10.1. The number of halogens is 2. The van der Waals surface area contributed by atoms with Crippen LogP contribution in [0.15, 0.2) is 24.3 Å². The van der Waals surface area contributed by atoms with Crippen molar-refractivity contribution in [3.8, 4) is 0 Å². The Kier molecular flexibility index (Phi) is 14.1. The van der Waals surface area contributed by atoms with Crippen molar-refractivity contribution >= 4 is 24.8 Å². The summed E-state index contributed by atoms with van der Waals surface area (Å²) in [5, 5.41) is 3.50. The zero-order valence-electron chi connectivity index (χ0n) is 12.3. The highest BCUT2D eigenvalue weighted by atomic mass is 35.5. The smallest absolute Gasteiger partial charge is 0.0205 e. The van der Waals surface area contributed by atoms with Gasteiger partial charge in [0.05, 0.1) is 0 Å². The Balaban J connectivity index is 0. The molecule has 1 rings (SSSR count). The second kappa shape index (κ2) is 12.7. The molecule has 0 aliphatic carbocycles. The van der Waals surface area contributed by atoms with E-state index in [2.05, 4.69) is 55.3 Å². The van der Waals surface area contributed by atoms with Crippen LogP contribution in [0.5, 0.6) is 0 Å². The SMILES string of the molecule is CCN(CC)CCCNCc1ccc(C)cc1.Cl.Cl. The molecule has 1 aromatic rings. The average Bonchev–Trinajstić information content (AvgIpc) is 2.36. The van der Waals surface area contributed by atoms with Gasteiger partial charge in [-0.05, 0) is 45.1 Å². The van der Waals surface area contributed by atoms with Gasteiger partial charge >= 0.3 is 0 Å². The van der Waals surface area contributed by atoms with Gasteiger partial charge in [-0.2, -0.15) is 0 Å². The van der Waals surface area contributed by atoms with Crippen LogP contribution >= 0.6 is 24.8 Å². The predicted octanol–water partition coefficient (Wildman–Crippen LogP) is 3.66. The lowest BCUT2D eigenvalue weighted by Gasteiger charge is -2.17. The molecule has 0 atom stereocenters. The van der Waals surface area contributed by atoms with E-state index in [1.165, 1.54) is 24.1 Å². The maximum absolute atomic E-state index is 3.50. The molecule has 0 fully saturated rings. The summed E-state index contributed by atoms with van der Waals surface area (Å²) in [7, 11) is 0. The van der Waals surface area contributed by atoms with Crippen LogP contribution in [0.4, 0.5) is 0 Å². The fourth-order valence-corrected chi connectivity index (χ4v) is 1.91. The van der Waals surface area contributed by atoms with E-state index in [4.69, 9.17) is 0 Å². The number of nitrogens with one attached hydrogen (secondary N) is 1. The van der Waals surface area contributed by atoms with Gasteiger partial charge in [-0.1, -0.05) is 43.7 Å². The molecular weight excluding hydrogens is 279 g/mol. The van der Waals surface area contributed by atoms with E-state index < -0.39 is 0 Å². The molecule has 0 aliphatic heterocycles. The molecule has 4 heteroatoms. The quantitative estimate of drug-likeness (QED) is 0.737. The standard InChI is InChI=1S/C15H26N2.2ClH/c1-4-17(5-2)12-6-11-16-13-15-9-7-14(3)8-10-15;;/h7-10,16H,4-6,11-13H2,1-3H3;2*1H. The first kappa shape index (κ1) is 21.0. The highest BCUT2D eigenvalue weighted by Gasteiger charge is 1.97. The molecule has 0 bridgehead atoms. The lowest BCUT2D eigenvalue weighted by Crippen LogP contribution is -2.27. The minimum atomic E-state index is 0. The maximum atomic E-state index is 3.50. The number of aryl methyl sites for hydroxylation is 1. The Bertz CT molecular complexity index is 298. The molecule has 0 saturated carbocycles. The largest absolute Gasteiger partial charge is 0.313 e. The van der Waals surface area contributed by atoms with E-state index in [9.17, 15) is 0 Å². The molecule has 0 amide bonds. The number of rotatable bonds is 8. The molecule has 1 N–H and O–H groups in total. The Morgan fingerprint density at radius 1 is 1.00 bits per heavy atom. The van der Waals surface area contributed by atoms with Crippen LogP contribution in [0.2, 0.25) is 0 Å². The second-order valence-electron chi connectivity index (χ2n) is 4.54. The van der Waals surface area contributed by atoms with Gasteiger partial charge in [-0.15, -0.1) is 24.8 Å². The third-order valence-electron chi connectivity index (χ3n) is 3.17. The molecule has 0 unspecified atom stereocenters. The Hall–Kier alpha value is -0.280. The van der Waals surface area contributed by atoms with E-state index in [1.807, 2.05) is 0 Å². The molecule has 1 aromatic carbocycles. The highest BCUT2D eigenvalue weighted by Crippen LogP contribution is 2.02. The van der Waals surface area contributed by atoms with Crippen LogP contribution in [-0.4, -0.2) is 31.1 Å². The van der Waals surface area contributed by atoms with Crippen molar-refractivity contribution in [3.63, 3.8) is 0 Å². The molecule has 0 spiro atoms.